The van der Waals surface area contributed by atoms with E-state index in [0.717, 1.165) is 34.1 Å². The number of aromatic amines is 1. The van der Waals surface area contributed by atoms with Gasteiger partial charge in [0.15, 0.2) is 23.7 Å². The fourth-order valence-corrected chi connectivity index (χ4v) is 6.18. The fourth-order valence-electron chi connectivity index (χ4n) is 4.81. The Labute approximate surface area is 260 Å². The SMILES string of the molecule is CC(=O)OC[C@H]1S[C@@H](Oc2n[nH]c(C(C)C)c2Cc2ccc(OCCO)cc2C)[C@H](OC(C)=O)[C@@H](OC(C)=O)[C@@H]1OC(C)=O. The smallest absolute Gasteiger partial charge is 0.303 e. The van der Waals surface area contributed by atoms with Crippen LogP contribution in [0.3, 0.4) is 0 Å². The summed E-state index contributed by atoms with van der Waals surface area (Å²) in [5.41, 5.74) is 2.51. The summed E-state index contributed by atoms with van der Waals surface area (Å²) in [6, 6.07) is 5.63. The zero-order chi connectivity index (χ0) is 32.6. The number of rotatable bonds is 13. The molecule has 1 aromatic heterocycles. The van der Waals surface area contributed by atoms with Crippen LogP contribution in [0.4, 0.5) is 0 Å². The van der Waals surface area contributed by atoms with E-state index in [1.807, 2.05) is 39.0 Å². The third-order valence-electron chi connectivity index (χ3n) is 6.66. The van der Waals surface area contributed by atoms with Crippen LogP contribution < -0.4 is 9.47 Å². The Morgan fingerprint density at radius 1 is 0.955 bits per heavy atom. The predicted octanol–water partition coefficient (Wildman–Crippen LogP) is 2.98. The molecule has 14 heteroatoms. The molecule has 1 fully saturated rings. The molecule has 1 aliphatic heterocycles. The number of aryl methyl sites for hydroxylation is 1. The van der Waals surface area contributed by atoms with Crippen molar-refractivity contribution < 1.29 is 52.7 Å². The van der Waals surface area contributed by atoms with Crippen molar-refractivity contribution in [1.82, 2.24) is 10.2 Å². The topological polar surface area (TPSA) is 173 Å². The molecule has 0 amide bonds. The van der Waals surface area contributed by atoms with E-state index in [9.17, 15) is 19.2 Å². The molecule has 0 bridgehead atoms. The quantitative estimate of drug-likeness (QED) is 0.243. The molecule has 1 aromatic carbocycles. The second-order valence-electron chi connectivity index (χ2n) is 10.6. The van der Waals surface area contributed by atoms with Gasteiger partial charge in [-0.15, -0.1) is 16.9 Å². The molecule has 2 N–H and O–H groups in total. The van der Waals surface area contributed by atoms with Crippen LogP contribution in [0.2, 0.25) is 0 Å². The Balaban J connectivity index is 2.03. The van der Waals surface area contributed by atoms with E-state index in [2.05, 4.69) is 10.2 Å². The molecule has 0 spiro atoms. The molecule has 1 aliphatic rings. The molecule has 0 saturated carbocycles. The van der Waals surface area contributed by atoms with E-state index in [-0.39, 0.29) is 31.6 Å². The van der Waals surface area contributed by atoms with Crippen LogP contribution in [0.25, 0.3) is 0 Å². The van der Waals surface area contributed by atoms with Crippen molar-refractivity contribution in [1.29, 1.82) is 0 Å². The maximum atomic E-state index is 12.2. The summed E-state index contributed by atoms with van der Waals surface area (Å²) >= 11 is 1.11. The summed E-state index contributed by atoms with van der Waals surface area (Å²) in [4.78, 5) is 48.2. The molecular weight excluding hydrogens is 596 g/mol. The monoisotopic (exact) mass is 636 g/mol. The van der Waals surface area contributed by atoms with Gasteiger partial charge in [0, 0.05) is 45.4 Å². The highest BCUT2D eigenvalue weighted by Gasteiger charge is 2.53. The first-order valence-corrected chi connectivity index (χ1v) is 15.1. The number of hydrogen-bond donors (Lipinski definition) is 2. The van der Waals surface area contributed by atoms with Gasteiger partial charge in [-0.25, -0.2) is 0 Å². The number of aliphatic hydroxyl groups excluding tert-OH is 1. The average molecular weight is 637 g/mol. The molecular formula is C30H40N2O11S. The van der Waals surface area contributed by atoms with Gasteiger partial charge < -0.3 is 33.5 Å². The molecule has 0 radical (unpaired) electrons. The minimum Gasteiger partial charge on any atom is -0.491 e. The number of carbonyl (C=O) groups is 4. The van der Waals surface area contributed by atoms with Crippen LogP contribution >= 0.6 is 11.8 Å². The number of nitrogens with one attached hydrogen (secondary N) is 1. The first kappa shape index (κ1) is 34.7. The summed E-state index contributed by atoms with van der Waals surface area (Å²) < 4.78 is 33.9. The normalized spacial score (nSPS) is 21.3. The van der Waals surface area contributed by atoms with Crippen molar-refractivity contribution in [3.8, 4) is 11.6 Å². The van der Waals surface area contributed by atoms with Crippen LogP contribution in [0.15, 0.2) is 18.2 Å². The standard InChI is InChI=1S/C30H40N2O11S/c1-15(2)25-23(13-21-8-9-22(12-16(21)3)38-11-10-33)29(32-31-25)43-30-28(42-20(7)37)27(41-19(6)36)26(40-18(5)35)24(44-30)14-39-17(4)34/h8-9,12,15,24,26-28,30,33H,10-11,13-14H2,1-7H3,(H,31,32)/t24-,26-,27+,28-,30-/m1/s1. The first-order chi connectivity index (χ1) is 20.8. The Kier molecular flexibility index (Phi) is 12.5. The van der Waals surface area contributed by atoms with Crippen molar-refractivity contribution in [3.63, 3.8) is 0 Å². The Morgan fingerprint density at radius 3 is 2.16 bits per heavy atom. The third-order valence-corrected chi connectivity index (χ3v) is 8.04. The summed E-state index contributed by atoms with van der Waals surface area (Å²) in [7, 11) is 0. The maximum Gasteiger partial charge on any atom is 0.303 e. The van der Waals surface area contributed by atoms with E-state index in [4.69, 9.17) is 33.5 Å². The van der Waals surface area contributed by atoms with Crippen LogP contribution in [-0.4, -0.2) is 88.0 Å². The number of benzene rings is 1. The second-order valence-corrected chi connectivity index (χ2v) is 11.9. The molecule has 44 heavy (non-hydrogen) atoms. The second kappa shape index (κ2) is 15.8. The van der Waals surface area contributed by atoms with Crippen LogP contribution in [0, 0.1) is 6.92 Å². The Hall–Kier alpha value is -3.78. The van der Waals surface area contributed by atoms with Crippen molar-refractivity contribution in [3.05, 3.63) is 40.6 Å². The van der Waals surface area contributed by atoms with Crippen molar-refractivity contribution >= 4 is 35.6 Å². The van der Waals surface area contributed by atoms with Gasteiger partial charge in [-0.2, -0.15) is 0 Å². The summed E-state index contributed by atoms with van der Waals surface area (Å²) in [6.07, 6.45) is -3.17. The predicted molar refractivity (Wildman–Crippen MR) is 158 cm³/mol. The largest absolute Gasteiger partial charge is 0.491 e. The molecule has 5 atom stereocenters. The van der Waals surface area contributed by atoms with Gasteiger partial charge in [-0.05, 0) is 36.1 Å². The number of nitrogens with zero attached hydrogens (tertiary/aromatic N) is 1. The van der Waals surface area contributed by atoms with Crippen molar-refractivity contribution in [2.75, 3.05) is 19.8 Å². The number of hydrogen-bond acceptors (Lipinski definition) is 13. The zero-order valence-electron chi connectivity index (χ0n) is 25.9. The van der Waals surface area contributed by atoms with Gasteiger partial charge in [-0.3, -0.25) is 24.3 Å². The molecule has 13 nitrogen and oxygen atoms in total. The molecule has 0 unspecified atom stereocenters. The minimum absolute atomic E-state index is 0.0458. The lowest BCUT2D eigenvalue weighted by atomic mass is 9.97. The van der Waals surface area contributed by atoms with Crippen molar-refractivity contribution in [2.45, 2.75) is 89.8 Å². The molecule has 2 heterocycles. The number of H-pyrrole nitrogens is 1. The number of esters is 4. The summed E-state index contributed by atoms with van der Waals surface area (Å²) in [5, 5.41) is 15.8. The minimum atomic E-state index is -1.27. The van der Waals surface area contributed by atoms with Gasteiger partial charge in [0.25, 0.3) is 0 Å². The van der Waals surface area contributed by atoms with Gasteiger partial charge in [-0.1, -0.05) is 19.9 Å². The Bertz CT molecular complexity index is 1330. The number of carbonyl (C=O) groups excluding carboxylic acids is 4. The number of aromatic nitrogens is 2. The van der Waals surface area contributed by atoms with Crippen LogP contribution in [0.1, 0.15) is 69.8 Å². The van der Waals surface area contributed by atoms with Gasteiger partial charge in [0.2, 0.25) is 5.88 Å². The number of ether oxygens (including phenoxy) is 6. The summed E-state index contributed by atoms with van der Waals surface area (Å²) in [5.74, 6) is -1.69. The highest BCUT2D eigenvalue weighted by Crippen LogP contribution is 2.40. The lowest BCUT2D eigenvalue weighted by molar-refractivity contribution is -0.190. The number of thioether (sulfide) groups is 1. The lowest BCUT2D eigenvalue weighted by Crippen LogP contribution is -2.59. The van der Waals surface area contributed by atoms with Crippen molar-refractivity contribution in [2.24, 2.45) is 0 Å². The van der Waals surface area contributed by atoms with E-state index in [0.29, 0.717) is 12.2 Å². The van der Waals surface area contributed by atoms with Crippen LogP contribution in [0.5, 0.6) is 11.6 Å². The third kappa shape index (κ3) is 9.36. The van der Waals surface area contributed by atoms with Gasteiger partial charge >= 0.3 is 23.9 Å². The molecule has 0 aliphatic carbocycles. The molecule has 1 saturated heterocycles. The lowest BCUT2D eigenvalue weighted by Gasteiger charge is -2.43. The van der Waals surface area contributed by atoms with E-state index in [1.165, 1.54) is 27.7 Å². The fraction of sp³-hybridized carbons (Fsp3) is 0.567. The van der Waals surface area contributed by atoms with Gasteiger partial charge in [0.1, 0.15) is 19.0 Å². The van der Waals surface area contributed by atoms with Gasteiger partial charge in [0.05, 0.1) is 11.9 Å². The zero-order valence-corrected chi connectivity index (χ0v) is 26.7. The first-order valence-electron chi connectivity index (χ1n) is 14.2. The molecule has 3 rings (SSSR count). The molecule has 2 aromatic rings. The highest BCUT2D eigenvalue weighted by atomic mass is 32.2. The summed E-state index contributed by atoms with van der Waals surface area (Å²) in [6.45, 7) is 10.7. The van der Waals surface area contributed by atoms with E-state index >= 15 is 0 Å². The Morgan fingerprint density at radius 2 is 1.59 bits per heavy atom. The van der Waals surface area contributed by atoms with E-state index < -0.39 is 52.9 Å². The molecule has 242 valence electrons. The number of aliphatic hydroxyl groups is 1. The maximum absolute atomic E-state index is 12.2. The van der Waals surface area contributed by atoms with E-state index in [1.54, 1.807) is 0 Å². The van der Waals surface area contributed by atoms with Crippen LogP contribution in [-0.2, 0) is 44.5 Å². The highest BCUT2D eigenvalue weighted by molar-refractivity contribution is 8.00. The average Bonchev–Trinajstić information content (AvgIpc) is 3.32.